The third-order valence-electron chi connectivity index (χ3n) is 5.54. The zero-order valence-electron chi connectivity index (χ0n) is 18.7. The van der Waals surface area contributed by atoms with Gasteiger partial charge < -0.3 is 9.64 Å². The van der Waals surface area contributed by atoms with E-state index in [4.69, 9.17) is 4.74 Å². The van der Waals surface area contributed by atoms with Crippen LogP contribution in [0.15, 0.2) is 69.6 Å². The number of hydrogen-bond acceptors (Lipinski definition) is 6. The van der Waals surface area contributed by atoms with Crippen LogP contribution < -0.4 is 24.5 Å². The smallest absolute Gasteiger partial charge is 0.271 e. The topological polar surface area (TPSA) is 63.9 Å². The van der Waals surface area contributed by atoms with Gasteiger partial charge in [0.05, 0.1) is 17.7 Å². The Hall–Kier alpha value is -3.45. The Morgan fingerprint density at radius 2 is 1.78 bits per heavy atom. The Bertz CT molecular complexity index is 1380. The van der Waals surface area contributed by atoms with Gasteiger partial charge in [-0.05, 0) is 55.3 Å². The maximum absolute atomic E-state index is 13.5. The third-order valence-corrected chi connectivity index (χ3v) is 6.52. The maximum atomic E-state index is 13.5. The molecule has 1 aromatic heterocycles. The molecule has 0 amide bonds. The Kier molecular flexibility index (Phi) is 5.84. The van der Waals surface area contributed by atoms with Crippen molar-refractivity contribution in [3.8, 4) is 5.75 Å². The molecule has 1 aliphatic rings. The molecule has 0 fully saturated rings. The van der Waals surface area contributed by atoms with E-state index in [-0.39, 0.29) is 11.3 Å². The van der Waals surface area contributed by atoms with E-state index in [2.05, 4.69) is 4.99 Å². The van der Waals surface area contributed by atoms with Gasteiger partial charge in [-0.25, -0.2) is 4.99 Å². The van der Waals surface area contributed by atoms with Gasteiger partial charge in [-0.1, -0.05) is 35.6 Å². The summed E-state index contributed by atoms with van der Waals surface area (Å²) >= 11 is 1.34. The normalized spacial score (nSPS) is 15.9. The Labute approximate surface area is 190 Å². The Morgan fingerprint density at radius 1 is 1.12 bits per heavy atom. The molecule has 0 N–H and O–H groups in total. The molecule has 164 valence electrons. The van der Waals surface area contributed by atoms with Crippen LogP contribution in [-0.2, 0) is 4.79 Å². The second kappa shape index (κ2) is 8.59. The lowest BCUT2D eigenvalue weighted by Crippen LogP contribution is -2.39. The molecule has 1 aliphatic heterocycles. The molecule has 0 aliphatic carbocycles. The van der Waals surface area contributed by atoms with E-state index < -0.39 is 6.04 Å². The predicted molar refractivity (Wildman–Crippen MR) is 128 cm³/mol. The summed E-state index contributed by atoms with van der Waals surface area (Å²) in [5, 5.41) is 0. The third kappa shape index (κ3) is 3.91. The van der Waals surface area contributed by atoms with Gasteiger partial charge in [0, 0.05) is 31.1 Å². The van der Waals surface area contributed by atoms with Crippen molar-refractivity contribution in [2.24, 2.45) is 4.99 Å². The zero-order valence-corrected chi connectivity index (χ0v) is 19.6. The summed E-state index contributed by atoms with van der Waals surface area (Å²) in [7, 11) is 5.58. The number of rotatable bonds is 5. The van der Waals surface area contributed by atoms with Crippen molar-refractivity contribution in [3.05, 3.63) is 90.6 Å². The fourth-order valence-electron chi connectivity index (χ4n) is 3.89. The second-order valence-electron chi connectivity index (χ2n) is 7.90. The number of carbonyl (C=O) groups excluding carboxylic acids is 1. The molecule has 0 spiro atoms. The number of thiazole rings is 1. The van der Waals surface area contributed by atoms with Gasteiger partial charge in [-0.3, -0.25) is 14.2 Å². The molecule has 0 radical (unpaired) electrons. The van der Waals surface area contributed by atoms with Crippen LogP contribution in [0.3, 0.4) is 0 Å². The largest absolute Gasteiger partial charge is 0.497 e. The monoisotopic (exact) mass is 447 g/mol. The van der Waals surface area contributed by atoms with Crippen molar-refractivity contribution < 1.29 is 9.53 Å². The van der Waals surface area contributed by atoms with Crippen LogP contribution in [0.1, 0.15) is 31.0 Å². The Morgan fingerprint density at radius 3 is 2.34 bits per heavy atom. The summed E-state index contributed by atoms with van der Waals surface area (Å²) in [5.41, 5.74) is 3.88. The molecule has 6 nitrogen and oxygen atoms in total. The molecule has 0 unspecified atom stereocenters. The van der Waals surface area contributed by atoms with Crippen LogP contribution in [0, 0.1) is 0 Å². The number of methoxy groups -OCH3 is 1. The first-order valence-corrected chi connectivity index (χ1v) is 11.1. The van der Waals surface area contributed by atoms with E-state index in [9.17, 15) is 9.59 Å². The molecule has 32 heavy (non-hydrogen) atoms. The highest BCUT2D eigenvalue weighted by atomic mass is 32.1. The van der Waals surface area contributed by atoms with Gasteiger partial charge in [0.2, 0.25) is 0 Å². The lowest BCUT2D eigenvalue weighted by Gasteiger charge is -2.24. The zero-order chi connectivity index (χ0) is 23.0. The van der Waals surface area contributed by atoms with Crippen molar-refractivity contribution >= 4 is 28.9 Å². The van der Waals surface area contributed by atoms with Crippen molar-refractivity contribution in [1.82, 2.24) is 4.57 Å². The van der Waals surface area contributed by atoms with Gasteiger partial charge in [-0.15, -0.1) is 0 Å². The van der Waals surface area contributed by atoms with Crippen LogP contribution in [0.2, 0.25) is 0 Å². The molecule has 0 saturated heterocycles. The number of anilines is 1. The van der Waals surface area contributed by atoms with E-state index in [1.54, 1.807) is 11.7 Å². The molecule has 3 aromatic rings. The lowest BCUT2D eigenvalue weighted by molar-refractivity contribution is -0.114. The molecular weight excluding hydrogens is 422 g/mol. The van der Waals surface area contributed by atoms with Crippen molar-refractivity contribution in [2.75, 3.05) is 26.1 Å². The van der Waals surface area contributed by atoms with E-state index in [0.717, 1.165) is 16.8 Å². The number of carbonyl (C=O) groups is 1. The fraction of sp³-hybridized carbons (Fsp3) is 0.240. The quantitative estimate of drug-likeness (QED) is 0.603. The SMILES string of the molecule is COc1ccc([C@H]2C(C(C)=O)=C(C)N=c3s/c(=C/c4ccc(N(C)C)cc4)c(=O)n32)cc1. The molecular formula is C25H25N3O3S. The average Bonchev–Trinajstić information content (AvgIpc) is 3.07. The first-order chi connectivity index (χ1) is 15.3. The number of nitrogens with zero attached hydrogens (tertiary/aromatic N) is 3. The number of allylic oxidation sites excluding steroid dienone is 2. The van der Waals surface area contributed by atoms with Gasteiger partial charge in [-0.2, -0.15) is 0 Å². The fourth-order valence-corrected chi connectivity index (χ4v) is 4.94. The van der Waals surface area contributed by atoms with Crippen LogP contribution in [-0.4, -0.2) is 31.6 Å². The molecule has 4 rings (SSSR count). The number of hydrogen-bond donors (Lipinski definition) is 0. The maximum Gasteiger partial charge on any atom is 0.271 e. The van der Waals surface area contributed by atoms with Gasteiger partial charge in [0.15, 0.2) is 10.6 Å². The summed E-state index contributed by atoms with van der Waals surface area (Å²) in [6.07, 6.45) is 1.88. The van der Waals surface area contributed by atoms with Gasteiger partial charge >= 0.3 is 0 Å². The Balaban J connectivity index is 1.89. The van der Waals surface area contributed by atoms with Crippen LogP contribution in [0.5, 0.6) is 5.75 Å². The van der Waals surface area contributed by atoms with Gasteiger partial charge in [0.1, 0.15) is 5.75 Å². The number of Topliss-reactive ketones (excluding diaryl/α,β-unsaturated/α-hetero) is 1. The van der Waals surface area contributed by atoms with Crippen molar-refractivity contribution in [2.45, 2.75) is 19.9 Å². The first-order valence-electron chi connectivity index (χ1n) is 10.2. The molecule has 2 aromatic carbocycles. The van der Waals surface area contributed by atoms with E-state index in [1.165, 1.54) is 18.3 Å². The number of aromatic nitrogens is 1. The number of fused-ring (bicyclic) bond motifs is 1. The molecule has 0 saturated carbocycles. The summed E-state index contributed by atoms with van der Waals surface area (Å²) in [5.74, 6) is 0.619. The summed E-state index contributed by atoms with van der Waals surface area (Å²) < 4.78 is 7.48. The standard InChI is InChI=1S/C25H25N3O3S/c1-15-22(16(2)29)23(18-8-12-20(31-5)13-9-18)28-24(30)21(32-25(28)26-15)14-17-6-10-19(11-7-17)27(3)4/h6-14,23H,1-5H3/b21-14+/t23-/m0/s1. The summed E-state index contributed by atoms with van der Waals surface area (Å²) in [6.45, 7) is 3.34. The minimum absolute atomic E-state index is 0.0966. The van der Waals surface area contributed by atoms with E-state index in [1.807, 2.05) is 80.5 Å². The van der Waals surface area contributed by atoms with Gasteiger partial charge in [0.25, 0.3) is 5.56 Å². The van der Waals surface area contributed by atoms with Crippen molar-refractivity contribution in [1.29, 1.82) is 0 Å². The minimum atomic E-state index is -0.520. The van der Waals surface area contributed by atoms with Crippen LogP contribution >= 0.6 is 11.3 Å². The highest BCUT2D eigenvalue weighted by Gasteiger charge is 2.30. The van der Waals surface area contributed by atoms with Crippen molar-refractivity contribution in [3.63, 3.8) is 0 Å². The molecule has 0 bridgehead atoms. The average molecular weight is 448 g/mol. The summed E-state index contributed by atoms with van der Waals surface area (Å²) in [6, 6.07) is 14.9. The molecule has 2 heterocycles. The highest BCUT2D eigenvalue weighted by Crippen LogP contribution is 2.31. The highest BCUT2D eigenvalue weighted by molar-refractivity contribution is 7.07. The molecule has 7 heteroatoms. The van der Waals surface area contributed by atoms with E-state index >= 15 is 0 Å². The second-order valence-corrected chi connectivity index (χ2v) is 8.91. The van der Waals surface area contributed by atoms with E-state index in [0.29, 0.717) is 26.4 Å². The summed E-state index contributed by atoms with van der Waals surface area (Å²) in [4.78, 5) is 33.3. The number of ether oxygens (including phenoxy) is 1. The van der Waals surface area contributed by atoms with Crippen LogP contribution in [0.25, 0.3) is 6.08 Å². The van der Waals surface area contributed by atoms with Crippen LogP contribution in [0.4, 0.5) is 5.69 Å². The lowest BCUT2D eigenvalue weighted by atomic mass is 9.93. The molecule has 1 atom stereocenters. The first kappa shape index (κ1) is 21.8. The number of ketones is 1. The number of benzene rings is 2. The minimum Gasteiger partial charge on any atom is -0.497 e. The predicted octanol–water partition coefficient (Wildman–Crippen LogP) is 2.90.